The lowest BCUT2D eigenvalue weighted by molar-refractivity contribution is 0.0664. The van der Waals surface area contributed by atoms with Gasteiger partial charge in [0.25, 0.3) is 5.91 Å². The van der Waals surface area contributed by atoms with Crippen molar-refractivity contribution in [3.05, 3.63) is 35.4 Å². The molecule has 17 heavy (non-hydrogen) atoms. The monoisotopic (exact) mass is 228 g/mol. The van der Waals surface area contributed by atoms with E-state index in [2.05, 4.69) is 17.9 Å². The van der Waals surface area contributed by atoms with Gasteiger partial charge in [0, 0.05) is 37.3 Å². The van der Waals surface area contributed by atoms with Crippen molar-refractivity contribution in [2.45, 2.75) is 0 Å². The van der Waals surface area contributed by atoms with Crippen molar-refractivity contribution in [1.82, 2.24) is 9.80 Å². The third kappa shape index (κ3) is 2.66. The molecule has 0 spiro atoms. The summed E-state index contributed by atoms with van der Waals surface area (Å²) < 4.78 is 0. The van der Waals surface area contributed by atoms with Crippen LogP contribution in [0.2, 0.25) is 0 Å². The highest BCUT2D eigenvalue weighted by Crippen LogP contribution is 2.09. The van der Waals surface area contributed by atoms with E-state index in [0.29, 0.717) is 5.56 Å². The number of nitrogens with zero attached hydrogens (tertiary/aromatic N) is 2. The third-order valence-corrected chi connectivity index (χ3v) is 3.09. The Hall–Kier alpha value is -1.79. The molecule has 1 aliphatic heterocycles. The van der Waals surface area contributed by atoms with Gasteiger partial charge in [-0.3, -0.25) is 4.79 Å². The SMILES string of the molecule is C#Cc1ccc(C(=O)N2CCN(C)CC2)cc1. The third-order valence-electron chi connectivity index (χ3n) is 3.09. The van der Waals surface area contributed by atoms with Crippen LogP contribution < -0.4 is 0 Å². The first kappa shape index (κ1) is 11.7. The maximum absolute atomic E-state index is 12.2. The number of hydrogen-bond donors (Lipinski definition) is 0. The number of terminal acetylenes is 1. The number of carbonyl (C=O) groups excluding carboxylic acids is 1. The fourth-order valence-electron chi connectivity index (χ4n) is 1.90. The highest BCUT2D eigenvalue weighted by atomic mass is 16.2. The first-order chi connectivity index (χ1) is 8.20. The van der Waals surface area contributed by atoms with Crippen molar-refractivity contribution < 1.29 is 4.79 Å². The second-order valence-electron chi connectivity index (χ2n) is 4.32. The van der Waals surface area contributed by atoms with E-state index in [1.165, 1.54) is 0 Å². The molecule has 0 bridgehead atoms. The first-order valence-electron chi connectivity index (χ1n) is 5.75. The van der Waals surface area contributed by atoms with Crippen LogP contribution >= 0.6 is 0 Å². The predicted molar refractivity (Wildman–Crippen MR) is 67.8 cm³/mol. The largest absolute Gasteiger partial charge is 0.336 e. The Morgan fingerprint density at radius 1 is 1.18 bits per heavy atom. The topological polar surface area (TPSA) is 23.6 Å². The van der Waals surface area contributed by atoms with Crippen molar-refractivity contribution >= 4 is 5.91 Å². The van der Waals surface area contributed by atoms with Crippen LogP contribution in [0, 0.1) is 12.3 Å². The zero-order valence-electron chi connectivity index (χ0n) is 10.0. The normalized spacial score (nSPS) is 16.6. The Balaban J connectivity index is 2.06. The Morgan fingerprint density at radius 3 is 2.29 bits per heavy atom. The molecule has 0 radical (unpaired) electrons. The molecule has 1 aliphatic rings. The molecule has 0 atom stereocenters. The quantitative estimate of drug-likeness (QED) is 0.671. The molecule has 0 unspecified atom stereocenters. The smallest absolute Gasteiger partial charge is 0.253 e. The number of likely N-dealkylation sites (N-methyl/N-ethyl adjacent to an activating group) is 1. The molecule has 0 aromatic heterocycles. The molecule has 1 aromatic carbocycles. The van der Waals surface area contributed by atoms with Gasteiger partial charge in [0.1, 0.15) is 0 Å². The highest BCUT2D eigenvalue weighted by Gasteiger charge is 2.19. The van der Waals surface area contributed by atoms with Crippen LogP contribution in [0.15, 0.2) is 24.3 Å². The van der Waals surface area contributed by atoms with Crippen LogP contribution in [0.5, 0.6) is 0 Å². The van der Waals surface area contributed by atoms with Gasteiger partial charge >= 0.3 is 0 Å². The van der Waals surface area contributed by atoms with Gasteiger partial charge in [-0.15, -0.1) is 6.42 Å². The van der Waals surface area contributed by atoms with Crippen LogP contribution in [0.4, 0.5) is 0 Å². The van der Waals surface area contributed by atoms with Gasteiger partial charge in [-0.2, -0.15) is 0 Å². The Kier molecular flexibility index (Phi) is 3.46. The van der Waals surface area contributed by atoms with E-state index in [0.717, 1.165) is 31.7 Å². The van der Waals surface area contributed by atoms with E-state index in [4.69, 9.17) is 6.42 Å². The number of amides is 1. The summed E-state index contributed by atoms with van der Waals surface area (Å²) in [6.07, 6.45) is 5.28. The number of piperazine rings is 1. The summed E-state index contributed by atoms with van der Waals surface area (Å²) in [5, 5.41) is 0. The van der Waals surface area contributed by atoms with Gasteiger partial charge in [-0.05, 0) is 31.3 Å². The maximum Gasteiger partial charge on any atom is 0.253 e. The van der Waals surface area contributed by atoms with E-state index < -0.39 is 0 Å². The second-order valence-corrected chi connectivity index (χ2v) is 4.32. The molecule has 1 aromatic rings. The molecule has 0 aliphatic carbocycles. The molecule has 1 heterocycles. The minimum Gasteiger partial charge on any atom is -0.336 e. The number of rotatable bonds is 1. The molecule has 2 rings (SSSR count). The van der Waals surface area contributed by atoms with Gasteiger partial charge in [0.15, 0.2) is 0 Å². The van der Waals surface area contributed by atoms with Crippen LogP contribution in [0.1, 0.15) is 15.9 Å². The second kappa shape index (κ2) is 5.03. The average molecular weight is 228 g/mol. The summed E-state index contributed by atoms with van der Waals surface area (Å²) in [4.78, 5) is 16.3. The van der Waals surface area contributed by atoms with Crippen molar-refractivity contribution in [3.63, 3.8) is 0 Å². The van der Waals surface area contributed by atoms with Crippen LogP contribution in [0.25, 0.3) is 0 Å². The van der Waals surface area contributed by atoms with Gasteiger partial charge in [-0.1, -0.05) is 5.92 Å². The van der Waals surface area contributed by atoms with Crippen molar-refractivity contribution in [2.75, 3.05) is 33.2 Å². The van der Waals surface area contributed by atoms with E-state index in [1.54, 1.807) is 12.1 Å². The summed E-state index contributed by atoms with van der Waals surface area (Å²) >= 11 is 0. The van der Waals surface area contributed by atoms with Gasteiger partial charge in [-0.25, -0.2) is 0 Å². The van der Waals surface area contributed by atoms with Gasteiger partial charge in [0.05, 0.1) is 0 Å². The molecule has 1 fully saturated rings. The van der Waals surface area contributed by atoms with Crippen molar-refractivity contribution in [2.24, 2.45) is 0 Å². The van der Waals surface area contributed by atoms with Crippen LogP contribution in [-0.2, 0) is 0 Å². The molecule has 88 valence electrons. The summed E-state index contributed by atoms with van der Waals surface area (Å²) in [5.41, 5.74) is 1.52. The van der Waals surface area contributed by atoms with Crippen molar-refractivity contribution in [3.8, 4) is 12.3 Å². The fraction of sp³-hybridized carbons (Fsp3) is 0.357. The standard InChI is InChI=1S/C14H16N2O/c1-3-12-4-6-13(7-5-12)14(17)16-10-8-15(2)9-11-16/h1,4-7H,8-11H2,2H3. The first-order valence-corrected chi connectivity index (χ1v) is 5.75. The van der Waals surface area contributed by atoms with Crippen LogP contribution in [-0.4, -0.2) is 48.9 Å². The average Bonchev–Trinajstić information content (AvgIpc) is 2.39. The summed E-state index contributed by atoms with van der Waals surface area (Å²) in [6.45, 7) is 3.47. The Morgan fingerprint density at radius 2 is 1.76 bits per heavy atom. The van der Waals surface area contributed by atoms with E-state index in [1.807, 2.05) is 17.0 Å². The molecule has 3 heteroatoms. The van der Waals surface area contributed by atoms with E-state index in [9.17, 15) is 4.79 Å². The Labute approximate surface area is 102 Å². The van der Waals surface area contributed by atoms with Gasteiger partial charge in [0.2, 0.25) is 0 Å². The molecule has 0 N–H and O–H groups in total. The molecule has 1 saturated heterocycles. The van der Waals surface area contributed by atoms with E-state index in [-0.39, 0.29) is 5.91 Å². The highest BCUT2D eigenvalue weighted by molar-refractivity contribution is 5.94. The van der Waals surface area contributed by atoms with E-state index >= 15 is 0 Å². The number of carbonyl (C=O) groups is 1. The zero-order chi connectivity index (χ0) is 12.3. The molecule has 1 amide bonds. The number of hydrogen-bond acceptors (Lipinski definition) is 2. The number of benzene rings is 1. The maximum atomic E-state index is 12.2. The lowest BCUT2D eigenvalue weighted by Crippen LogP contribution is -2.47. The molecule has 0 saturated carbocycles. The lowest BCUT2D eigenvalue weighted by atomic mass is 10.1. The fourth-order valence-corrected chi connectivity index (χ4v) is 1.90. The lowest BCUT2D eigenvalue weighted by Gasteiger charge is -2.32. The van der Waals surface area contributed by atoms with Crippen molar-refractivity contribution in [1.29, 1.82) is 0 Å². The minimum absolute atomic E-state index is 0.0988. The minimum atomic E-state index is 0.0988. The molecule has 3 nitrogen and oxygen atoms in total. The summed E-state index contributed by atoms with van der Waals surface area (Å²) in [6, 6.07) is 7.22. The van der Waals surface area contributed by atoms with Crippen LogP contribution in [0.3, 0.4) is 0 Å². The Bertz CT molecular complexity index is 436. The molecular formula is C14H16N2O. The molecular weight excluding hydrogens is 212 g/mol. The summed E-state index contributed by atoms with van der Waals surface area (Å²) in [7, 11) is 2.07. The zero-order valence-corrected chi connectivity index (χ0v) is 10.0. The van der Waals surface area contributed by atoms with Gasteiger partial charge < -0.3 is 9.80 Å². The predicted octanol–water partition coefficient (Wildman–Crippen LogP) is 1.06. The summed E-state index contributed by atoms with van der Waals surface area (Å²) in [5.74, 6) is 2.65.